The van der Waals surface area contributed by atoms with E-state index in [4.69, 9.17) is 4.74 Å². The molecule has 0 fully saturated rings. The molecule has 0 saturated heterocycles. The van der Waals surface area contributed by atoms with Crippen LogP contribution in [0.15, 0.2) is 60.9 Å². The van der Waals surface area contributed by atoms with Gasteiger partial charge < -0.3 is 15.4 Å². The minimum Gasteiger partial charge on any atom is -0.492 e. The van der Waals surface area contributed by atoms with Crippen LogP contribution in [-0.2, 0) is 6.42 Å². The molecule has 3 aromatic rings. The van der Waals surface area contributed by atoms with Crippen LogP contribution in [0.4, 0.5) is 23.0 Å². The lowest BCUT2D eigenvalue weighted by molar-refractivity contribution is 0.342. The molecule has 0 aliphatic heterocycles. The van der Waals surface area contributed by atoms with Crippen LogP contribution < -0.4 is 15.4 Å². The van der Waals surface area contributed by atoms with E-state index in [0.29, 0.717) is 12.4 Å². The second-order valence-electron chi connectivity index (χ2n) is 5.48. The van der Waals surface area contributed by atoms with Gasteiger partial charge in [-0.1, -0.05) is 37.3 Å². The maximum Gasteiger partial charge on any atom is 0.142 e. The van der Waals surface area contributed by atoms with Crippen molar-refractivity contribution in [3.63, 3.8) is 0 Å². The average molecular weight is 334 g/mol. The summed E-state index contributed by atoms with van der Waals surface area (Å²) in [5.74, 6) is 2.25. The summed E-state index contributed by atoms with van der Waals surface area (Å²) in [6, 6.07) is 17.9. The Balaban J connectivity index is 1.80. The van der Waals surface area contributed by atoms with Gasteiger partial charge in [-0.15, -0.1) is 0 Å². The van der Waals surface area contributed by atoms with Crippen LogP contribution in [0.5, 0.6) is 5.75 Å². The van der Waals surface area contributed by atoms with Crippen molar-refractivity contribution in [2.24, 2.45) is 0 Å². The number of rotatable bonds is 7. The highest BCUT2D eigenvalue weighted by Crippen LogP contribution is 2.27. The monoisotopic (exact) mass is 334 g/mol. The number of hydrogen-bond donors (Lipinski definition) is 2. The van der Waals surface area contributed by atoms with Gasteiger partial charge in [0.2, 0.25) is 0 Å². The Morgan fingerprint density at radius 3 is 2.20 bits per heavy atom. The van der Waals surface area contributed by atoms with Gasteiger partial charge in [-0.2, -0.15) is 0 Å². The first-order valence-corrected chi connectivity index (χ1v) is 8.46. The van der Waals surface area contributed by atoms with Crippen molar-refractivity contribution in [1.29, 1.82) is 0 Å². The molecule has 5 heteroatoms. The Morgan fingerprint density at radius 1 is 0.840 bits per heavy atom. The van der Waals surface area contributed by atoms with Gasteiger partial charge in [-0.25, -0.2) is 9.97 Å². The van der Waals surface area contributed by atoms with Crippen molar-refractivity contribution in [2.75, 3.05) is 17.2 Å². The second kappa shape index (κ2) is 8.15. The maximum atomic E-state index is 5.64. The van der Waals surface area contributed by atoms with E-state index in [2.05, 4.69) is 39.7 Å². The Hall–Kier alpha value is -3.08. The molecule has 3 rings (SSSR count). The molecular weight excluding hydrogens is 312 g/mol. The number of hydrogen-bond acceptors (Lipinski definition) is 5. The van der Waals surface area contributed by atoms with E-state index in [-0.39, 0.29) is 0 Å². The minimum absolute atomic E-state index is 0.614. The molecule has 128 valence electrons. The number of nitrogens with one attached hydrogen (secondary N) is 2. The van der Waals surface area contributed by atoms with Gasteiger partial charge in [0.25, 0.3) is 0 Å². The molecule has 0 aliphatic rings. The predicted octanol–water partition coefficient (Wildman–Crippen LogP) is 4.92. The van der Waals surface area contributed by atoms with Crippen LogP contribution >= 0.6 is 0 Å². The summed E-state index contributed by atoms with van der Waals surface area (Å²) in [5, 5.41) is 6.66. The Kier molecular flexibility index (Phi) is 5.46. The highest BCUT2D eigenvalue weighted by atomic mass is 16.5. The fourth-order valence-corrected chi connectivity index (χ4v) is 2.57. The quantitative estimate of drug-likeness (QED) is 0.642. The molecular formula is C20H22N4O. The molecule has 5 nitrogen and oxygen atoms in total. The highest BCUT2D eigenvalue weighted by Gasteiger charge is 2.06. The third-order valence-corrected chi connectivity index (χ3v) is 3.78. The van der Waals surface area contributed by atoms with E-state index in [1.165, 1.54) is 5.56 Å². The number of ether oxygens (including phenoxy) is 1. The molecule has 1 aromatic heterocycles. The highest BCUT2D eigenvalue weighted by molar-refractivity contribution is 5.67. The number of aryl methyl sites for hydroxylation is 1. The largest absolute Gasteiger partial charge is 0.492 e. The molecule has 2 N–H and O–H groups in total. The normalized spacial score (nSPS) is 10.3. The Bertz CT molecular complexity index is 835. The first-order valence-electron chi connectivity index (χ1n) is 8.46. The van der Waals surface area contributed by atoms with E-state index in [1.807, 2.05) is 49.4 Å². The fourth-order valence-electron chi connectivity index (χ4n) is 2.57. The summed E-state index contributed by atoms with van der Waals surface area (Å²) in [4.78, 5) is 8.62. The number of para-hydroxylation sites is 3. The fraction of sp³-hybridized carbons (Fsp3) is 0.200. The van der Waals surface area contributed by atoms with Gasteiger partial charge >= 0.3 is 0 Å². The van der Waals surface area contributed by atoms with Crippen LogP contribution in [0.25, 0.3) is 0 Å². The summed E-state index contributed by atoms with van der Waals surface area (Å²) in [5.41, 5.74) is 3.18. The number of aromatic nitrogens is 2. The van der Waals surface area contributed by atoms with Crippen molar-refractivity contribution in [3.05, 3.63) is 66.5 Å². The van der Waals surface area contributed by atoms with Crippen molar-refractivity contribution >= 4 is 23.0 Å². The van der Waals surface area contributed by atoms with Gasteiger partial charge in [0.05, 0.1) is 12.3 Å². The third kappa shape index (κ3) is 4.26. The predicted molar refractivity (Wildman–Crippen MR) is 102 cm³/mol. The topological polar surface area (TPSA) is 59.1 Å². The lowest BCUT2D eigenvalue weighted by atomic mass is 10.1. The molecule has 0 unspecified atom stereocenters. The molecule has 0 amide bonds. The summed E-state index contributed by atoms with van der Waals surface area (Å²) in [6.07, 6.45) is 2.50. The first-order chi connectivity index (χ1) is 12.3. The van der Waals surface area contributed by atoms with E-state index in [9.17, 15) is 0 Å². The van der Waals surface area contributed by atoms with Crippen LogP contribution in [0.3, 0.4) is 0 Å². The van der Waals surface area contributed by atoms with Crippen molar-refractivity contribution in [3.8, 4) is 5.75 Å². The van der Waals surface area contributed by atoms with Gasteiger partial charge in [0.1, 0.15) is 23.7 Å². The van der Waals surface area contributed by atoms with Crippen LogP contribution in [0.2, 0.25) is 0 Å². The smallest absolute Gasteiger partial charge is 0.142 e. The molecule has 25 heavy (non-hydrogen) atoms. The summed E-state index contributed by atoms with van der Waals surface area (Å²) >= 11 is 0. The molecule has 0 aliphatic carbocycles. The van der Waals surface area contributed by atoms with Crippen LogP contribution in [0.1, 0.15) is 19.4 Å². The number of anilines is 4. The average Bonchev–Trinajstić information content (AvgIpc) is 2.64. The van der Waals surface area contributed by atoms with Gasteiger partial charge in [-0.05, 0) is 37.1 Å². The van der Waals surface area contributed by atoms with E-state index < -0.39 is 0 Å². The third-order valence-electron chi connectivity index (χ3n) is 3.78. The lowest BCUT2D eigenvalue weighted by Gasteiger charge is -2.13. The van der Waals surface area contributed by atoms with E-state index >= 15 is 0 Å². The molecule has 0 spiro atoms. The van der Waals surface area contributed by atoms with Gasteiger partial charge in [0, 0.05) is 11.8 Å². The Morgan fingerprint density at radius 2 is 1.48 bits per heavy atom. The van der Waals surface area contributed by atoms with Crippen molar-refractivity contribution in [1.82, 2.24) is 9.97 Å². The lowest BCUT2D eigenvalue weighted by Crippen LogP contribution is -2.01. The van der Waals surface area contributed by atoms with Crippen molar-refractivity contribution in [2.45, 2.75) is 20.3 Å². The summed E-state index contributed by atoms with van der Waals surface area (Å²) in [7, 11) is 0. The molecule has 0 saturated carbocycles. The van der Waals surface area contributed by atoms with E-state index in [0.717, 1.165) is 29.4 Å². The molecule has 1 heterocycles. The van der Waals surface area contributed by atoms with Gasteiger partial charge in [0.15, 0.2) is 0 Å². The summed E-state index contributed by atoms with van der Waals surface area (Å²) in [6.45, 7) is 4.72. The van der Waals surface area contributed by atoms with Crippen LogP contribution in [0, 0.1) is 0 Å². The molecule has 2 aromatic carbocycles. The Labute approximate surface area is 148 Å². The SMILES string of the molecule is CCOc1ccccc1Nc1cc(Nc2ccccc2CC)ncn1. The second-order valence-corrected chi connectivity index (χ2v) is 5.48. The zero-order chi connectivity index (χ0) is 17.5. The summed E-state index contributed by atoms with van der Waals surface area (Å²) < 4.78 is 5.64. The van der Waals surface area contributed by atoms with Crippen molar-refractivity contribution < 1.29 is 4.74 Å². The minimum atomic E-state index is 0.614. The van der Waals surface area contributed by atoms with E-state index in [1.54, 1.807) is 6.33 Å². The van der Waals surface area contributed by atoms with Gasteiger partial charge in [-0.3, -0.25) is 0 Å². The molecule has 0 radical (unpaired) electrons. The number of nitrogens with zero attached hydrogens (tertiary/aromatic N) is 2. The zero-order valence-corrected chi connectivity index (χ0v) is 14.5. The molecule has 0 atom stereocenters. The van der Waals surface area contributed by atoms with Crippen LogP contribution in [-0.4, -0.2) is 16.6 Å². The zero-order valence-electron chi connectivity index (χ0n) is 14.5. The standard InChI is InChI=1S/C20H22N4O/c1-3-15-9-5-6-10-16(15)23-19-13-20(22-14-21-19)24-17-11-7-8-12-18(17)25-4-2/h5-14H,3-4H2,1-2H3,(H2,21,22,23,24). The maximum absolute atomic E-state index is 5.64. The molecule has 0 bridgehead atoms. The first kappa shape index (κ1) is 16.8. The number of benzene rings is 2.